The van der Waals surface area contributed by atoms with Crippen molar-refractivity contribution in [2.24, 2.45) is 5.92 Å². The van der Waals surface area contributed by atoms with Gasteiger partial charge in [-0.05, 0) is 38.1 Å². The van der Waals surface area contributed by atoms with Gasteiger partial charge in [0.2, 0.25) is 0 Å². The van der Waals surface area contributed by atoms with Crippen LogP contribution in [-0.2, 0) is 4.79 Å². The highest BCUT2D eigenvalue weighted by atomic mass is 16.1. The molecule has 2 atom stereocenters. The van der Waals surface area contributed by atoms with E-state index in [9.17, 15) is 4.79 Å². The van der Waals surface area contributed by atoms with E-state index in [1.54, 1.807) is 0 Å². The van der Waals surface area contributed by atoms with Crippen LogP contribution in [0.2, 0.25) is 0 Å². The van der Waals surface area contributed by atoms with Crippen molar-refractivity contribution in [2.45, 2.75) is 64.3 Å². The molecule has 0 aromatic heterocycles. The Hall–Kier alpha value is -0.370. The normalized spacial score (nSPS) is 33.7. The summed E-state index contributed by atoms with van der Waals surface area (Å²) in [6, 6.07) is 0.275. The number of Topliss-reactive ketones (excluding diaryl/α,β-unsaturated/α-hetero) is 1. The van der Waals surface area contributed by atoms with Crippen molar-refractivity contribution in [2.75, 3.05) is 13.1 Å². The van der Waals surface area contributed by atoms with E-state index >= 15 is 0 Å². The van der Waals surface area contributed by atoms with Crippen LogP contribution in [0.5, 0.6) is 0 Å². The number of carbonyl (C=O) groups excluding carboxylic acids is 1. The molecular weight excluding hydrogens is 198 g/mol. The SMILES string of the molecule is CCC1CCCN(C2CCCCCC2=O)C1. The van der Waals surface area contributed by atoms with Crippen LogP contribution in [0, 0.1) is 5.92 Å². The van der Waals surface area contributed by atoms with Crippen molar-refractivity contribution in [3.8, 4) is 0 Å². The molecule has 2 fully saturated rings. The number of hydrogen-bond donors (Lipinski definition) is 0. The third kappa shape index (κ3) is 2.85. The molecule has 2 nitrogen and oxygen atoms in total. The number of carbonyl (C=O) groups is 1. The molecule has 2 unspecified atom stereocenters. The second-order valence-electron chi connectivity index (χ2n) is 5.49. The fourth-order valence-electron chi connectivity index (χ4n) is 3.24. The molecule has 1 aliphatic heterocycles. The first kappa shape index (κ1) is 12.1. The summed E-state index contributed by atoms with van der Waals surface area (Å²) in [4.78, 5) is 14.6. The summed E-state index contributed by atoms with van der Waals surface area (Å²) in [5.74, 6) is 1.36. The van der Waals surface area contributed by atoms with Gasteiger partial charge in [-0.1, -0.05) is 26.2 Å². The molecule has 2 rings (SSSR count). The van der Waals surface area contributed by atoms with Crippen LogP contribution in [0.1, 0.15) is 58.3 Å². The van der Waals surface area contributed by atoms with Crippen LogP contribution in [0.4, 0.5) is 0 Å². The Kier molecular flexibility index (Phi) is 4.39. The summed E-state index contributed by atoms with van der Waals surface area (Å²) in [5.41, 5.74) is 0. The summed E-state index contributed by atoms with van der Waals surface area (Å²) in [5, 5.41) is 0. The average molecular weight is 223 g/mol. The smallest absolute Gasteiger partial charge is 0.149 e. The Balaban J connectivity index is 1.95. The molecule has 0 spiro atoms. The topological polar surface area (TPSA) is 20.3 Å². The summed E-state index contributed by atoms with van der Waals surface area (Å²) in [7, 11) is 0. The van der Waals surface area contributed by atoms with E-state index in [-0.39, 0.29) is 6.04 Å². The Morgan fingerprint density at radius 3 is 2.88 bits per heavy atom. The summed E-state index contributed by atoms with van der Waals surface area (Å²) in [6.45, 7) is 4.61. The number of ketones is 1. The zero-order valence-electron chi connectivity index (χ0n) is 10.6. The van der Waals surface area contributed by atoms with Crippen LogP contribution in [0.3, 0.4) is 0 Å². The number of likely N-dealkylation sites (tertiary alicyclic amines) is 1. The van der Waals surface area contributed by atoms with Gasteiger partial charge in [0.05, 0.1) is 6.04 Å². The average Bonchev–Trinajstić information content (AvgIpc) is 2.54. The lowest BCUT2D eigenvalue weighted by Gasteiger charge is -2.37. The molecule has 1 saturated heterocycles. The van der Waals surface area contributed by atoms with Gasteiger partial charge >= 0.3 is 0 Å². The molecule has 0 aromatic carbocycles. The maximum absolute atomic E-state index is 12.1. The molecule has 1 saturated carbocycles. The molecule has 0 radical (unpaired) electrons. The van der Waals surface area contributed by atoms with Gasteiger partial charge in [-0.25, -0.2) is 0 Å². The Morgan fingerprint density at radius 2 is 2.06 bits per heavy atom. The summed E-state index contributed by atoms with van der Waals surface area (Å²) in [6.07, 6.45) is 9.53. The fraction of sp³-hybridized carbons (Fsp3) is 0.929. The zero-order valence-corrected chi connectivity index (χ0v) is 10.6. The zero-order chi connectivity index (χ0) is 11.4. The standard InChI is InChI=1S/C14H25NO/c1-2-12-7-6-10-15(11-12)13-8-4-3-5-9-14(13)16/h12-13H,2-11H2,1H3. The van der Waals surface area contributed by atoms with E-state index in [2.05, 4.69) is 11.8 Å². The van der Waals surface area contributed by atoms with Crippen LogP contribution in [-0.4, -0.2) is 29.8 Å². The number of nitrogens with zero attached hydrogens (tertiary/aromatic N) is 1. The molecule has 0 amide bonds. The molecule has 92 valence electrons. The van der Waals surface area contributed by atoms with Gasteiger partial charge in [-0.2, -0.15) is 0 Å². The van der Waals surface area contributed by atoms with E-state index < -0.39 is 0 Å². The predicted octanol–water partition coefficient (Wildman–Crippen LogP) is 3.01. The third-order valence-electron chi connectivity index (χ3n) is 4.34. The number of rotatable bonds is 2. The van der Waals surface area contributed by atoms with Crippen LogP contribution < -0.4 is 0 Å². The fourth-order valence-corrected chi connectivity index (χ4v) is 3.24. The van der Waals surface area contributed by atoms with Gasteiger partial charge in [0.1, 0.15) is 5.78 Å². The van der Waals surface area contributed by atoms with Crippen LogP contribution >= 0.6 is 0 Å². The first-order valence-corrected chi connectivity index (χ1v) is 7.08. The van der Waals surface area contributed by atoms with E-state index in [0.717, 1.165) is 31.7 Å². The largest absolute Gasteiger partial charge is 0.298 e. The maximum atomic E-state index is 12.1. The van der Waals surface area contributed by atoms with Gasteiger partial charge < -0.3 is 0 Å². The third-order valence-corrected chi connectivity index (χ3v) is 4.34. The van der Waals surface area contributed by atoms with Crippen molar-refractivity contribution in [1.29, 1.82) is 0 Å². The monoisotopic (exact) mass is 223 g/mol. The van der Waals surface area contributed by atoms with E-state index in [0.29, 0.717) is 5.78 Å². The van der Waals surface area contributed by atoms with Crippen LogP contribution in [0.15, 0.2) is 0 Å². The highest BCUT2D eigenvalue weighted by Gasteiger charge is 2.30. The van der Waals surface area contributed by atoms with Crippen LogP contribution in [0.25, 0.3) is 0 Å². The molecule has 1 heterocycles. The molecule has 2 aliphatic rings. The minimum absolute atomic E-state index is 0.275. The highest BCUT2D eigenvalue weighted by molar-refractivity contribution is 5.84. The molecule has 0 aromatic rings. The second-order valence-corrected chi connectivity index (χ2v) is 5.49. The predicted molar refractivity (Wildman–Crippen MR) is 66.5 cm³/mol. The Bertz CT molecular complexity index is 239. The van der Waals surface area contributed by atoms with Gasteiger partial charge in [0, 0.05) is 13.0 Å². The maximum Gasteiger partial charge on any atom is 0.149 e. The molecular formula is C14H25NO. The van der Waals surface area contributed by atoms with Crippen molar-refractivity contribution in [1.82, 2.24) is 4.90 Å². The minimum Gasteiger partial charge on any atom is -0.298 e. The molecule has 2 heteroatoms. The minimum atomic E-state index is 0.275. The highest BCUT2D eigenvalue weighted by Crippen LogP contribution is 2.25. The second kappa shape index (κ2) is 5.81. The lowest BCUT2D eigenvalue weighted by atomic mass is 9.93. The van der Waals surface area contributed by atoms with Gasteiger partial charge in [-0.3, -0.25) is 9.69 Å². The van der Waals surface area contributed by atoms with E-state index in [4.69, 9.17) is 0 Å². The first-order valence-electron chi connectivity index (χ1n) is 7.08. The number of piperidine rings is 1. The molecule has 0 N–H and O–H groups in total. The van der Waals surface area contributed by atoms with E-state index in [1.807, 2.05) is 0 Å². The van der Waals surface area contributed by atoms with Crippen molar-refractivity contribution >= 4 is 5.78 Å². The molecule has 1 aliphatic carbocycles. The molecule has 0 bridgehead atoms. The molecule has 16 heavy (non-hydrogen) atoms. The Labute approximate surface area is 99.4 Å². The van der Waals surface area contributed by atoms with E-state index in [1.165, 1.54) is 38.6 Å². The van der Waals surface area contributed by atoms with Crippen molar-refractivity contribution < 1.29 is 4.79 Å². The Morgan fingerprint density at radius 1 is 1.19 bits per heavy atom. The number of hydrogen-bond acceptors (Lipinski definition) is 2. The summed E-state index contributed by atoms with van der Waals surface area (Å²) < 4.78 is 0. The van der Waals surface area contributed by atoms with Crippen molar-refractivity contribution in [3.63, 3.8) is 0 Å². The van der Waals surface area contributed by atoms with Gasteiger partial charge in [0.25, 0.3) is 0 Å². The summed E-state index contributed by atoms with van der Waals surface area (Å²) >= 11 is 0. The quantitative estimate of drug-likeness (QED) is 0.671. The van der Waals surface area contributed by atoms with Gasteiger partial charge in [-0.15, -0.1) is 0 Å². The lowest BCUT2D eigenvalue weighted by molar-refractivity contribution is -0.124. The van der Waals surface area contributed by atoms with Crippen molar-refractivity contribution in [3.05, 3.63) is 0 Å². The first-order chi connectivity index (χ1) is 7.81. The van der Waals surface area contributed by atoms with Gasteiger partial charge in [0.15, 0.2) is 0 Å². The lowest BCUT2D eigenvalue weighted by Crippen LogP contribution is -2.46.